The molecule has 0 amide bonds. The molecule has 1 aromatic carbocycles. The van der Waals surface area contributed by atoms with E-state index < -0.39 is 5.82 Å². The molecule has 0 saturated heterocycles. The third-order valence-corrected chi connectivity index (χ3v) is 1.79. The molecule has 0 saturated carbocycles. The van der Waals surface area contributed by atoms with Gasteiger partial charge in [-0.2, -0.15) is 0 Å². The number of hydrogen-bond donors (Lipinski definition) is 1. The zero-order valence-corrected chi connectivity index (χ0v) is 7.15. The van der Waals surface area contributed by atoms with Gasteiger partial charge in [0.05, 0.1) is 16.3 Å². The molecule has 0 atom stereocenters. The highest BCUT2D eigenvalue weighted by atomic mass is 35.5. The second-order valence-electron chi connectivity index (χ2n) is 2.41. The van der Waals surface area contributed by atoms with Gasteiger partial charge in [0, 0.05) is 0 Å². The molecule has 1 aromatic rings. The summed E-state index contributed by atoms with van der Waals surface area (Å²) in [6.45, 7) is 1.27. The number of rotatable bonds is 1. The van der Waals surface area contributed by atoms with Crippen LogP contribution in [-0.4, -0.2) is 5.78 Å². The lowest BCUT2D eigenvalue weighted by molar-refractivity contribution is 0.101. The Balaban J connectivity index is 3.33. The van der Waals surface area contributed by atoms with Crippen LogP contribution in [0, 0.1) is 5.82 Å². The Morgan fingerprint density at radius 1 is 1.58 bits per heavy atom. The Labute approximate surface area is 74.1 Å². The predicted molar refractivity (Wildman–Crippen MR) is 45.8 cm³/mol. The van der Waals surface area contributed by atoms with Crippen LogP contribution in [0.1, 0.15) is 17.3 Å². The zero-order chi connectivity index (χ0) is 9.30. The van der Waals surface area contributed by atoms with Gasteiger partial charge in [-0.25, -0.2) is 4.39 Å². The Bertz CT molecular complexity index is 338. The first-order valence-corrected chi connectivity index (χ1v) is 3.65. The summed E-state index contributed by atoms with van der Waals surface area (Å²) in [7, 11) is 0. The first-order valence-electron chi connectivity index (χ1n) is 3.28. The van der Waals surface area contributed by atoms with Crippen molar-refractivity contribution in [3.8, 4) is 0 Å². The van der Waals surface area contributed by atoms with Gasteiger partial charge in [-0.3, -0.25) is 4.79 Å². The van der Waals surface area contributed by atoms with Crippen LogP contribution in [0.15, 0.2) is 12.1 Å². The molecule has 0 aliphatic carbocycles. The van der Waals surface area contributed by atoms with Crippen LogP contribution in [0.4, 0.5) is 10.1 Å². The molecule has 4 heteroatoms. The van der Waals surface area contributed by atoms with E-state index in [4.69, 9.17) is 17.3 Å². The summed E-state index contributed by atoms with van der Waals surface area (Å²) in [5, 5.41) is 0.123. The van der Waals surface area contributed by atoms with Gasteiger partial charge < -0.3 is 5.73 Å². The lowest BCUT2D eigenvalue weighted by Crippen LogP contribution is -1.99. The molecule has 64 valence electrons. The maximum absolute atomic E-state index is 12.9. The normalized spacial score (nSPS) is 9.92. The van der Waals surface area contributed by atoms with Crippen LogP contribution in [0.2, 0.25) is 5.02 Å². The van der Waals surface area contributed by atoms with Crippen molar-refractivity contribution >= 4 is 23.1 Å². The highest BCUT2D eigenvalue weighted by Crippen LogP contribution is 2.22. The van der Waals surface area contributed by atoms with Gasteiger partial charge in [-0.05, 0) is 19.1 Å². The van der Waals surface area contributed by atoms with Crippen molar-refractivity contribution in [2.75, 3.05) is 5.73 Å². The molecule has 0 aliphatic heterocycles. The fourth-order valence-electron chi connectivity index (χ4n) is 0.836. The molecule has 0 aliphatic rings. The molecule has 0 fully saturated rings. The Kier molecular flexibility index (Phi) is 2.33. The highest BCUT2D eigenvalue weighted by Gasteiger charge is 2.09. The minimum absolute atomic E-state index is 0.0306. The largest absolute Gasteiger partial charge is 0.398 e. The molecule has 0 heterocycles. The number of carbonyl (C=O) groups excluding carboxylic acids is 1. The fourth-order valence-corrected chi connectivity index (χ4v) is 0.986. The van der Waals surface area contributed by atoms with E-state index in [-0.39, 0.29) is 22.1 Å². The van der Waals surface area contributed by atoms with Crippen LogP contribution < -0.4 is 5.73 Å². The number of anilines is 1. The minimum Gasteiger partial charge on any atom is -0.398 e. The zero-order valence-electron chi connectivity index (χ0n) is 6.40. The van der Waals surface area contributed by atoms with E-state index in [2.05, 4.69) is 0 Å². The average Bonchev–Trinajstić information content (AvgIpc) is 1.96. The SMILES string of the molecule is CC(=O)c1cc(N)c(Cl)cc1F. The molecule has 2 N–H and O–H groups in total. The topological polar surface area (TPSA) is 43.1 Å². The Hall–Kier alpha value is -1.09. The van der Waals surface area contributed by atoms with Gasteiger partial charge in [0.25, 0.3) is 0 Å². The lowest BCUT2D eigenvalue weighted by atomic mass is 10.1. The maximum atomic E-state index is 12.9. The van der Waals surface area contributed by atoms with Crippen molar-refractivity contribution in [2.45, 2.75) is 6.92 Å². The number of ketones is 1. The molecule has 1 rings (SSSR count). The Morgan fingerprint density at radius 2 is 2.17 bits per heavy atom. The van der Waals surface area contributed by atoms with E-state index in [0.717, 1.165) is 6.07 Å². The third-order valence-electron chi connectivity index (χ3n) is 1.47. The molecule has 0 spiro atoms. The number of benzene rings is 1. The van der Waals surface area contributed by atoms with Gasteiger partial charge >= 0.3 is 0 Å². The van der Waals surface area contributed by atoms with Crippen molar-refractivity contribution in [1.29, 1.82) is 0 Å². The third kappa shape index (κ3) is 1.56. The van der Waals surface area contributed by atoms with E-state index in [1.54, 1.807) is 0 Å². The van der Waals surface area contributed by atoms with Gasteiger partial charge in [-0.15, -0.1) is 0 Å². The Morgan fingerprint density at radius 3 is 2.67 bits per heavy atom. The number of halogens is 2. The fraction of sp³-hybridized carbons (Fsp3) is 0.125. The second kappa shape index (κ2) is 3.11. The maximum Gasteiger partial charge on any atom is 0.162 e. The van der Waals surface area contributed by atoms with Crippen molar-refractivity contribution in [1.82, 2.24) is 0 Å². The van der Waals surface area contributed by atoms with E-state index in [0.29, 0.717) is 0 Å². The van der Waals surface area contributed by atoms with E-state index in [1.807, 2.05) is 0 Å². The van der Waals surface area contributed by atoms with E-state index in [1.165, 1.54) is 13.0 Å². The molecule has 12 heavy (non-hydrogen) atoms. The molecular formula is C8H7ClFNO. The van der Waals surface area contributed by atoms with Crippen molar-refractivity contribution in [2.24, 2.45) is 0 Å². The van der Waals surface area contributed by atoms with Crippen LogP contribution in [0.3, 0.4) is 0 Å². The summed E-state index contributed by atoms with van der Waals surface area (Å²) in [5.41, 5.74) is 5.56. The van der Waals surface area contributed by atoms with Crippen LogP contribution in [0.25, 0.3) is 0 Å². The first kappa shape index (κ1) is 9.00. The van der Waals surface area contributed by atoms with E-state index >= 15 is 0 Å². The minimum atomic E-state index is -0.637. The van der Waals surface area contributed by atoms with Gasteiger partial charge in [0.15, 0.2) is 5.78 Å². The summed E-state index contributed by atoms with van der Waals surface area (Å²) in [6, 6.07) is 2.27. The van der Waals surface area contributed by atoms with Crippen LogP contribution >= 0.6 is 11.6 Å². The number of carbonyl (C=O) groups is 1. The number of nitrogen functional groups attached to an aromatic ring is 1. The van der Waals surface area contributed by atoms with Crippen molar-refractivity contribution in [3.63, 3.8) is 0 Å². The molecule has 2 nitrogen and oxygen atoms in total. The van der Waals surface area contributed by atoms with Gasteiger partial charge in [-0.1, -0.05) is 11.6 Å². The van der Waals surface area contributed by atoms with Crippen LogP contribution in [-0.2, 0) is 0 Å². The number of nitrogens with two attached hydrogens (primary N) is 1. The number of Topliss-reactive ketones (excluding diaryl/α,β-unsaturated/α-hetero) is 1. The first-order chi connectivity index (χ1) is 5.52. The summed E-state index contributed by atoms with van der Waals surface area (Å²) < 4.78 is 12.9. The summed E-state index contributed by atoms with van der Waals surface area (Å²) in [4.78, 5) is 10.8. The molecule has 0 bridgehead atoms. The van der Waals surface area contributed by atoms with Crippen LogP contribution in [0.5, 0.6) is 0 Å². The average molecular weight is 188 g/mol. The summed E-state index contributed by atoms with van der Waals surface area (Å²) in [6.07, 6.45) is 0. The summed E-state index contributed by atoms with van der Waals surface area (Å²) >= 11 is 5.51. The quantitative estimate of drug-likeness (QED) is 0.541. The lowest BCUT2D eigenvalue weighted by Gasteiger charge is -2.01. The molecule has 0 radical (unpaired) electrons. The van der Waals surface area contributed by atoms with Crippen molar-refractivity contribution in [3.05, 3.63) is 28.5 Å². The molecular weight excluding hydrogens is 181 g/mol. The van der Waals surface area contributed by atoms with Crippen molar-refractivity contribution < 1.29 is 9.18 Å². The molecule has 0 aromatic heterocycles. The van der Waals surface area contributed by atoms with Gasteiger partial charge in [0.2, 0.25) is 0 Å². The predicted octanol–water partition coefficient (Wildman–Crippen LogP) is 2.26. The monoisotopic (exact) mass is 187 g/mol. The standard InChI is InChI=1S/C8H7ClFNO/c1-4(12)5-2-8(11)6(9)3-7(5)10/h2-3H,11H2,1H3. The molecule has 0 unspecified atom stereocenters. The smallest absolute Gasteiger partial charge is 0.162 e. The summed E-state index contributed by atoms with van der Waals surface area (Å²) in [5.74, 6) is -1.00. The van der Waals surface area contributed by atoms with Gasteiger partial charge in [0.1, 0.15) is 5.82 Å². The second-order valence-corrected chi connectivity index (χ2v) is 2.82. The highest BCUT2D eigenvalue weighted by molar-refractivity contribution is 6.33. The number of hydrogen-bond acceptors (Lipinski definition) is 2. The van der Waals surface area contributed by atoms with E-state index in [9.17, 15) is 9.18 Å².